The Morgan fingerprint density at radius 1 is 0.976 bits per heavy atom. The van der Waals surface area contributed by atoms with Gasteiger partial charge in [0.25, 0.3) is 11.5 Å². The quantitative estimate of drug-likeness (QED) is 0.313. The number of hydrogen-bond acceptors (Lipinski definition) is 6. The van der Waals surface area contributed by atoms with E-state index in [1.165, 1.54) is 54.0 Å². The van der Waals surface area contributed by atoms with Crippen LogP contribution in [0.25, 0.3) is 22.7 Å². The zero-order valence-corrected chi connectivity index (χ0v) is 22.0. The molecule has 0 spiro atoms. The second-order valence-electron chi connectivity index (χ2n) is 10.3. The number of oxazole rings is 1. The van der Waals surface area contributed by atoms with Crippen molar-refractivity contribution in [3.63, 3.8) is 0 Å². The van der Waals surface area contributed by atoms with E-state index in [1.807, 2.05) is 23.1 Å². The molecule has 4 aromatic rings. The van der Waals surface area contributed by atoms with Gasteiger partial charge in [0, 0.05) is 55.6 Å². The molecule has 1 saturated carbocycles. The van der Waals surface area contributed by atoms with E-state index in [4.69, 9.17) is 4.42 Å². The van der Waals surface area contributed by atoms with E-state index in [0.29, 0.717) is 41.5 Å². The number of piperazine rings is 1. The van der Waals surface area contributed by atoms with E-state index in [0.717, 1.165) is 18.7 Å². The van der Waals surface area contributed by atoms with Crippen molar-refractivity contribution in [2.45, 2.75) is 31.8 Å². The monoisotopic (exact) mass is 564 g/mol. The zero-order valence-electron chi connectivity index (χ0n) is 22.0. The van der Waals surface area contributed by atoms with Crippen LogP contribution in [0.3, 0.4) is 0 Å². The van der Waals surface area contributed by atoms with Crippen LogP contribution in [0.4, 0.5) is 13.2 Å². The second kappa shape index (κ2) is 10.9. The minimum Gasteiger partial charge on any atom is -0.444 e. The summed E-state index contributed by atoms with van der Waals surface area (Å²) < 4.78 is 48.3. The number of nitrogens with zero attached hydrogens (tertiary/aromatic N) is 4. The predicted octanol–water partition coefficient (Wildman–Crippen LogP) is 5.04. The van der Waals surface area contributed by atoms with Gasteiger partial charge in [-0.2, -0.15) is 0 Å². The molecule has 1 saturated heterocycles. The van der Waals surface area contributed by atoms with Crippen molar-refractivity contribution in [1.29, 1.82) is 0 Å². The highest BCUT2D eigenvalue weighted by molar-refractivity contribution is 5.94. The van der Waals surface area contributed by atoms with E-state index in [9.17, 15) is 22.8 Å². The van der Waals surface area contributed by atoms with Crippen molar-refractivity contribution in [2.75, 3.05) is 26.2 Å². The number of benzene rings is 2. The highest BCUT2D eigenvalue weighted by atomic mass is 19.4. The van der Waals surface area contributed by atoms with E-state index >= 15 is 0 Å². The Hall–Kier alpha value is -4.38. The number of alkyl halides is 3. The first-order chi connectivity index (χ1) is 19.7. The van der Waals surface area contributed by atoms with Gasteiger partial charge in [-0.1, -0.05) is 12.1 Å². The fraction of sp³-hybridized carbons (Fsp3) is 0.300. The van der Waals surface area contributed by atoms with Crippen LogP contribution < -0.4 is 10.3 Å². The first-order valence-corrected chi connectivity index (χ1v) is 13.4. The molecule has 41 heavy (non-hydrogen) atoms. The number of ether oxygens (including phenoxy) is 1. The number of amides is 1. The molecule has 6 rings (SSSR count). The molecule has 2 aliphatic rings. The predicted molar refractivity (Wildman–Crippen MR) is 144 cm³/mol. The van der Waals surface area contributed by atoms with Gasteiger partial charge in [0.05, 0.1) is 12.1 Å². The summed E-state index contributed by atoms with van der Waals surface area (Å²) in [5.74, 6) is -0.0914. The lowest BCUT2D eigenvalue weighted by atomic mass is 10.1. The van der Waals surface area contributed by atoms with Crippen molar-refractivity contribution in [1.82, 2.24) is 19.4 Å². The molecular formula is C30H27F3N4O4. The number of pyridine rings is 1. The van der Waals surface area contributed by atoms with E-state index < -0.39 is 6.36 Å². The molecule has 0 unspecified atom stereocenters. The van der Waals surface area contributed by atoms with Crippen LogP contribution in [0.15, 0.2) is 82.3 Å². The Kier molecular flexibility index (Phi) is 7.12. The number of halogens is 3. The fourth-order valence-electron chi connectivity index (χ4n) is 5.06. The molecule has 8 nitrogen and oxygen atoms in total. The molecular weight excluding hydrogens is 537 g/mol. The molecule has 0 radical (unpaired) electrons. The molecule has 0 N–H and O–H groups in total. The Morgan fingerprint density at radius 2 is 1.71 bits per heavy atom. The summed E-state index contributed by atoms with van der Waals surface area (Å²) in [7, 11) is 0. The lowest BCUT2D eigenvalue weighted by Crippen LogP contribution is -2.49. The maximum absolute atomic E-state index is 13.2. The minimum absolute atomic E-state index is 0.00582. The summed E-state index contributed by atoms with van der Waals surface area (Å²) in [6.45, 7) is 3.48. The lowest BCUT2D eigenvalue weighted by molar-refractivity contribution is -0.274. The maximum atomic E-state index is 13.2. The standard InChI is InChI=1S/C30H27F3N4O4/c31-30(32,33)41-25-9-4-21(5-10-25)26-19-40-28(34-26)23-6-11-27(38)37(18-23)17-20-2-1-3-22(16-20)29(39)36-14-12-35(13-15-36)24-7-8-24/h1-6,9-11,16,18-19,24H,7-8,12-15,17H2. The van der Waals surface area contributed by atoms with E-state index in [-0.39, 0.29) is 29.7 Å². The number of carbonyl (C=O) groups is 1. The Morgan fingerprint density at radius 3 is 2.41 bits per heavy atom. The smallest absolute Gasteiger partial charge is 0.444 e. The van der Waals surface area contributed by atoms with Gasteiger partial charge in [0.15, 0.2) is 0 Å². The van der Waals surface area contributed by atoms with Gasteiger partial charge < -0.3 is 18.6 Å². The normalized spacial score (nSPS) is 16.1. The van der Waals surface area contributed by atoms with Gasteiger partial charge in [-0.25, -0.2) is 4.98 Å². The van der Waals surface area contributed by atoms with Crippen molar-refractivity contribution in [3.8, 4) is 28.5 Å². The Labute approximate surface area is 233 Å². The zero-order chi connectivity index (χ0) is 28.6. The van der Waals surface area contributed by atoms with Gasteiger partial charge in [-0.3, -0.25) is 14.5 Å². The van der Waals surface area contributed by atoms with Crippen molar-refractivity contribution < 1.29 is 27.1 Å². The van der Waals surface area contributed by atoms with Crippen LogP contribution in [-0.4, -0.2) is 63.8 Å². The highest BCUT2D eigenvalue weighted by Gasteiger charge is 2.33. The maximum Gasteiger partial charge on any atom is 0.573 e. The van der Waals surface area contributed by atoms with Gasteiger partial charge in [-0.15, -0.1) is 13.2 Å². The topological polar surface area (TPSA) is 80.8 Å². The van der Waals surface area contributed by atoms with Crippen LogP contribution in [0, 0.1) is 0 Å². The summed E-state index contributed by atoms with van der Waals surface area (Å²) in [6, 6.07) is 16.3. The molecule has 2 aromatic carbocycles. The number of hydrogen-bond donors (Lipinski definition) is 0. The summed E-state index contributed by atoms with van der Waals surface area (Å²) in [4.78, 5) is 34.6. The average molecular weight is 565 g/mol. The van der Waals surface area contributed by atoms with E-state index in [2.05, 4.69) is 14.6 Å². The van der Waals surface area contributed by atoms with Gasteiger partial charge in [0.2, 0.25) is 5.89 Å². The van der Waals surface area contributed by atoms with E-state index in [1.54, 1.807) is 18.3 Å². The third kappa shape index (κ3) is 6.35. The van der Waals surface area contributed by atoms with Crippen LogP contribution >= 0.6 is 0 Å². The summed E-state index contributed by atoms with van der Waals surface area (Å²) in [5, 5.41) is 0. The molecule has 1 aliphatic heterocycles. The van der Waals surface area contributed by atoms with Gasteiger partial charge in [0.1, 0.15) is 17.7 Å². The van der Waals surface area contributed by atoms with Crippen molar-refractivity contribution in [3.05, 3.63) is 94.6 Å². The Balaban J connectivity index is 1.15. The highest BCUT2D eigenvalue weighted by Crippen LogP contribution is 2.29. The van der Waals surface area contributed by atoms with Crippen LogP contribution in [0.5, 0.6) is 5.75 Å². The molecule has 0 bridgehead atoms. The first-order valence-electron chi connectivity index (χ1n) is 13.4. The molecule has 2 fully saturated rings. The van der Waals surface area contributed by atoms with Gasteiger partial charge in [-0.05, 0) is 60.9 Å². The molecule has 11 heteroatoms. The Bertz CT molecular complexity index is 1600. The molecule has 1 aliphatic carbocycles. The van der Waals surface area contributed by atoms with Crippen molar-refractivity contribution >= 4 is 5.91 Å². The number of carbonyl (C=O) groups excluding carboxylic acids is 1. The molecule has 0 atom stereocenters. The van der Waals surface area contributed by atoms with Crippen molar-refractivity contribution in [2.24, 2.45) is 0 Å². The fourth-order valence-corrected chi connectivity index (χ4v) is 5.06. The molecule has 212 valence electrons. The third-order valence-electron chi connectivity index (χ3n) is 7.31. The first kappa shape index (κ1) is 26.8. The van der Waals surface area contributed by atoms with Crippen LogP contribution in [0.2, 0.25) is 0 Å². The average Bonchev–Trinajstić information content (AvgIpc) is 3.70. The van der Waals surface area contributed by atoms with Crippen LogP contribution in [0.1, 0.15) is 28.8 Å². The third-order valence-corrected chi connectivity index (χ3v) is 7.31. The summed E-state index contributed by atoms with van der Waals surface area (Å²) in [6.07, 6.45) is 0.763. The number of aromatic nitrogens is 2. The molecule has 2 aromatic heterocycles. The SMILES string of the molecule is O=C(c1cccc(Cn2cc(-c3nc(-c4ccc(OC(F)(F)F)cc4)co3)ccc2=O)c1)N1CCN(C2CC2)CC1. The minimum atomic E-state index is -4.77. The largest absolute Gasteiger partial charge is 0.573 e. The number of rotatable bonds is 7. The summed E-state index contributed by atoms with van der Waals surface area (Å²) >= 11 is 0. The summed E-state index contributed by atoms with van der Waals surface area (Å²) in [5.41, 5.74) is 2.68. The second-order valence-corrected chi connectivity index (χ2v) is 10.3. The molecule has 3 heterocycles. The molecule has 1 amide bonds. The van der Waals surface area contributed by atoms with Crippen LogP contribution in [-0.2, 0) is 6.54 Å². The van der Waals surface area contributed by atoms with Gasteiger partial charge >= 0.3 is 6.36 Å². The lowest BCUT2D eigenvalue weighted by Gasteiger charge is -2.34.